The van der Waals surface area contributed by atoms with Gasteiger partial charge in [-0.05, 0) is 100.0 Å². The van der Waals surface area contributed by atoms with E-state index in [0.717, 1.165) is 11.4 Å². The van der Waals surface area contributed by atoms with Gasteiger partial charge < -0.3 is 9.47 Å². The van der Waals surface area contributed by atoms with Crippen molar-refractivity contribution in [3.8, 4) is 27.9 Å². The minimum absolute atomic E-state index is 0.131. The van der Waals surface area contributed by atoms with Gasteiger partial charge in [0.1, 0.15) is 0 Å². The first-order valence-electron chi connectivity index (χ1n) is 20.8. The Balaban J connectivity index is 1.20. The fourth-order valence-electron chi connectivity index (χ4n) is 10.3. The van der Waals surface area contributed by atoms with Crippen LogP contribution >= 0.6 is 0 Å². The molecule has 0 N–H and O–H groups in total. The van der Waals surface area contributed by atoms with Gasteiger partial charge in [0.2, 0.25) is 0 Å². The summed E-state index contributed by atoms with van der Waals surface area (Å²) in [5, 5.41) is 5.03. The van der Waals surface area contributed by atoms with Crippen molar-refractivity contribution >= 4 is 49.6 Å². The van der Waals surface area contributed by atoms with E-state index in [1.165, 1.54) is 115 Å². The van der Waals surface area contributed by atoms with E-state index in [1.54, 1.807) is 0 Å². The van der Waals surface area contributed by atoms with Crippen molar-refractivity contribution in [2.75, 3.05) is 4.90 Å². The first-order chi connectivity index (χ1) is 28.0. The second-order valence-electron chi connectivity index (χ2n) is 16.8. The second-order valence-corrected chi connectivity index (χ2v) is 16.8. The van der Waals surface area contributed by atoms with Crippen molar-refractivity contribution in [1.29, 1.82) is 0 Å². The molecule has 8 aromatic carbocycles. The van der Waals surface area contributed by atoms with Crippen LogP contribution in [0.3, 0.4) is 0 Å². The Labute approximate surface area is 335 Å². The van der Waals surface area contributed by atoms with Gasteiger partial charge in [-0.3, -0.25) is 0 Å². The lowest BCUT2D eigenvalue weighted by Gasteiger charge is -2.31. The highest BCUT2D eigenvalue weighted by molar-refractivity contribution is 6.12. The van der Waals surface area contributed by atoms with Crippen LogP contribution in [0.2, 0.25) is 0 Å². The molecule has 0 aliphatic heterocycles. The summed E-state index contributed by atoms with van der Waals surface area (Å²) in [6.45, 7) is 4.76. The van der Waals surface area contributed by atoms with Gasteiger partial charge in [0.05, 0.1) is 16.7 Å². The molecule has 2 aliphatic rings. The first-order valence-corrected chi connectivity index (χ1v) is 20.8. The Hall–Kier alpha value is -6.38. The van der Waals surface area contributed by atoms with E-state index in [1.807, 2.05) is 0 Å². The van der Waals surface area contributed by atoms with E-state index in [2.05, 4.69) is 199 Å². The fourth-order valence-corrected chi connectivity index (χ4v) is 10.3. The normalized spacial score (nSPS) is 14.9. The van der Waals surface area contributed by atoms with E-state index in [0.29, 0.717) is 5.92 Å². The minimum atomic E-state index is -0.131. The van der Waals surface area contributed by atoms with Crippen LogP contribution in [0.25, 0.3) is 60.5 Å². The van der Waals surface area contributed by atoms with Gasteiger partial charge in [-0.15, -0.1) is 0 Å². The standard InChI is InChI=1S/C55H46N2/c1-55(2)50-25-15-14-24-46(50)47-32-28-42(35-51(47)55)56(54-44-23-13-12-20-39(44)26-30-45(54)38-18-8-4-9-19-38)43-29-33-49-48-31-27-40(37-16-6-3-7-17-37)34-52(48)57(53(49)36-43)41-21-10-5-11-22-41/h4-5,8-15,18-37H,3,6-7,16-17H2,1-2H3. The maximum atomic E-state index is 2.55. The van der Waals surface area contributed by atoms with Crippen molar-refractivity contribution in [2.24, 2.45) is 0 Å². The van der Waals surface area contributed by atoms with E-state index in [-0.39, 0.29) is 5.41 Å². The fraction of sp³-hybridized carbons (Fsp3) is 0.164. The van der Waals surface area contributed by atoms with E-state index < -0.39 is 0 Å². The highest BCUT2D eigenvalue weighted by Gasteiger charge is 2.36. The molecular formula is C55H46N2. The molecule has 1 aromatic heterocycles. The smallest absolute Gasteiger partial charge is 0.0618 e. The number of anilines is 3. The zero-order valence-electron chi connectivity index (χ0n) is 32.8. The molecule has 2 nitrogen and oxygen atoms in total. The van der Waals surface area contributed by atoms with Crippen LogP contribution in [0, 0.1) is 0 Å². The lowest BCUT2D eigenvalue weighted by Crippen LogP contribution is -2.17. The second kappa shape index (κ2) is 13.4. The summed E-state index contributed by atoms with van der Waals surface area (Å²) in [4.78, 5) is 2.55. The van der Waals surface area contributed by atoms with Gasteiger partial charge in [0.25, 0.3) is 0 Å². The molecule has 2 heteroatoms. The molecule has 0 amide bonds. The molecule has 0 unspecified atom stereocenters. The van der Waals surface area contributed by atoms with Crippen molar-refractivity contribution < 1.29 is 0 Å². The summed E-state index contributed by atoms with van der Waals surface area (Å²) in [6, 6.07) is 66.0. The Morgan fingerprint density at radius 2 is 1.12 bits per heavy atom. The zero-order valence-corrected chi connectivity index (χ0v) is 32.8. The van der Waals surface area contributed by atoms with Crippen LogP contribution in [-0.2, 0) is 5.41 Å². The number of para-hydroxylation sites is 1. The van der Waals surface area contributed by atoms with E-state index >= 15 is 0 Å². The topological polar surface area (TPSA) is 8.17 Å². The Bertz CT molecular complexity index is 2960. The highest BCUT2D eigenvalue weighted by atomic mass is 15.1. The van der Waals surface area contributed by atoms with Crippen molar-refractivity contribution in [1.82, 2.24) is 4.57 Å². The van der Waals surface area contributed by atoms with Gasteiger partial charge in [0, 0.05) is 44.2 Å². The van der Waals surface area contributed by atoms with Crippen molar-refractivity contribution in [3.63, 3.8) is 0 Å². The monoisotopic (exact) mass is 734 g/mol. The number of aromatic nitrogens is 1. The quantitative estimate of drug-likeness (QED) is 0.165. The molecule has 0 saturated heterocycles. The molecule has 1 heterocycles. The molecule has 0 atom stereocenters. The molecule has 1 fully saturated rings. The predicted octanol–water partition coefficient (Wildman–Crippen LogP) is 15.4. The third kappa shape index (κ3) is 5.46. The maximum absolute atomic E-state index is 2.55. The van der Waals surface area contributed by atoms with Crippen LogP contribution in [-0.4, -0.2) is 4.57 Å². The summed E-state index contributed by atoms with van der Waals surface area (Å²) >= 11 is 0. The predicted molar refractivity (Wildman–Crippen MR) is 242 cm³/mol. The van der Waals surface area contributed by atoms with Crippen LogP contribution in [0.1, 0.15) is 68.6 Å². The summed E-state index contributed by atoms with van der Waals surface area (Å²) in [5.41, 5.74) is 16.4. The van der Waals surface area contributed by atoms with Gasteiger partial charge in [-0.2, -0.15) is 0 Å². The summed E-state index contributed by atoms with van der Waals surface area (Å²) < 4.78 is 2.52. The Morgan fingerprint density at radius 1 is 0.491 bits per heavy atom. The summed E-state index contributed by atoms with van der Waals surface area (Å²) in [7, 11) is 0. The van der Waals surface area contributed by atoms with Crippen LogP contribution in [0.4, 0.5) is 17.1 Å². The van der Waals surface area contributed by atoms with Crippen LogP contribution in [0.5, 0.6) is 0 Å². The average molecular weight is 735 g/mol. The molecule has 9 aromatic rings. The molecule has 11 rings (SSSR count). The van der Waals surface area contributed by atoms with Gasteiger partial charge in [0.15, 0.2) is 0 Å². The lowest BCUT2D eigenvalue weighted by molar-refractivity contribution is 0.444. The first kappa shape index (κ1) is 33.9. The number of fused-ring (bicyclic) bond motifs is 7. The van der Waals surface area contributed by atoms with Gasteiger partial charge in [-0.1, -0.05) is 167 Å². The number of hydrogen-bond donors (Lipinski definition) is 0. The van der Waals surface area contributed by atoms with Crippen molar-refractivity contribution in [3.05, 3.63) is 193 Å². The minimum Gasteiger partial charge on any atom is -0.309 e. The Morgan fingerprint density at radius 3 is 1.95 bits per heavy atom. The zero-order chi connectivity index (χ0) is 38.1. The molecule has 276 valence electrons. The summed E-state index contributed by atoms with van der Waals surface area (Å²) in [5.74, 6) is 0.634. The number of hydrogen-bond acceptors (Lipinski definition) is 1. The molecule has 1 saturated carbocycles. The molecule has 57 heavy (non-hydrogen) atoms. The lowest BCUT2D eigenvalue weighted by atomic mass is 9.82. The number of rotatable bonds is 6. The van der Waals surface area contributed by atoms with Crippen LogP contribution in [0.15, 0.2) is 176 Å². The number of nitrogens with zero attached hydrogens (tertiary/aromatic N) is 2. The van der Waals surface area contributed by atoms with E-state index in [9.17, 15) is 0 Å². The molecule has 2 aliphatic carbocycles. The molecule has 0 radical (unpaired) electrons. The average Bonchev–Trinajstić information content (AvgIpc) is 3.72. The third-order valence-corrected chi connectivity index (χ3v) is 13.2. The summed E-state index contributed by atoms with van der Waals surface area (Å²) in [6.07, 6.45) is 6.59. The largest absolute Gasteiger partial charge is 0.309 e. The molecular weight excluding hydrogens is 689 g/mol. The van der Waals surface area contributed by atoms with Crippen LogP contribution < -0.4 is 4.90 Å². The van der Waals surface area contributed by atoms with E-state index in [4.69, 9.17) is 0 Å². The SMILES string of the molecule is CC1(C)c2ccccc2-c2ccc(N(c3ccc4c5ccc(C6CCCCC6)cc5n(-c5ccccc5)c4c3)c3c(-c4ccccc4)ccc4ccccc34)cc21. The number of benzene rings is 8. The van der Waals surface area contributed by atoms with Gasteiger partial charge >= 0.3 is 0 Å². The molecule has 0 bridgehead atoms. The molecule has 0 spiro atoms. The Kier molecular flexibility index (Phi) is 7.96. The highest BCUT2D eigenvalue weighted by Crippen LogP contribution is 2.52. The van der Waals surface area contributed by atoms with Gasteiger partial charge in [-0.25, -0.2) is 0 Å². The maximum Gasteiger partial charge on any atom is 0.0618 e. The van der Waals surface area contributed by atoms with Crippen molar-refractivity contribution in [2.45, 2.75) is 57.3 Å². The third-order valence-electron chi connectivity index (χ3n) is 13.2.